The van der Waals surface area contributed by atoms with Crippen molar-refractivity contribution in [2.45, 2.75) is 25.1 Å². The van der Waals surface area contributed by atoms with Crippen LogP contribution in [0.5, 0.6) is 0 Å². The molecule has 2 atom stereocenters. The van der Waals surface area contributed by atoms with Crippen molar-refractivity contribution < 1.29 is 5.11 Å². The van der Waals surface area contributed by atoms with Gasteiger partial charge in [-0.25, -0.2) is 0 Å². The third-order valence-corrected chi connectivity index (χ3v) is 4.21. The average Bonchev–Trinajstić information content (AvgIpc) is 2.89. The summed E-state index contributed by atoms with van der Waals surface area (Å²) in [6, 6.07) is 0.0810. The Balaban J connectivity index is 2.29. The Kier molecular flexibility index (Phi) is 5.02. The van der Waals surface area contributed by atoms with Crippen LogP contribution in [0.15, 0.2) is 6.20 Å². The third-order valence-electron chi connectivity index (χ3n) is 3.05. The van der Waals surface area contributed by atoms with Crippen LogP contribution in [-0.4, -0.2) is 56.0 Å². The maximum atomic E-state index is 9.36. The van der Waals surface area contributed by atoms with Gasteiger partial charge in [-0.15, -0.1) is 0 Å². The lowest BCUT2D eigenvalue weighted by molar-refractivity contribution is 0.288. The molecule has 0 spiro atoms. The van der Waals surface area contributed by atoms with E-state index in [1.54, 1.807) is 18.0 Å². The molecular formula is C12H20N6OS. The van der Waals surface area contributed by atoms with Gasteiger partial charge in [0.05, 0.1) is 18.2 Å². The summed E-state index contributed by atoms with van der Waals surface area (Å²) in [7, 11) is 0. The predicted molar refractivity (Wildman–Crippen MR) is 83.3 cm³/mol. The number of H-pyrrole nitrogens is 1. The first-order valence-corrected chi connectivity index (χ1v) is 7.83. The lowest BCUT2D eigenvalue weighted by Crippen LogP contribution is -2.31. The van der Waals surface area contributed by atoms with Crippen molar-refractivity contribution in [2.24, 2.45) is 0 Å². The van der Waals surface area contributed by atoms with E-state index in [4.69, 9.17) is 0 Å². The molecule has 2 aromatic heterocycles. The first-order valence-electron chi connectivity index (χ1n) is 6.54. The van der Waals surface area contributed by atoms with E-state index in [1.165, 1.54) is 0 Å². The number of anilines is 2. The standard InChI is InChI=1S/C12H20N6OS/c1-4-13-12-16-10(8-5-14-18-11(8)17-12)15-7(2)9(6-19)20-3/h5,7,9,19H,4,6H2,1-3H3,(H3,13,14,15,16,17,18). The molecule has 0 bridgehead atoms. The topological polar surface area (TPSA) is 98.8 Å². The number of aromatic amines is 1. The van der Waals surface area contributed by atoms with E-state index < -0.39 is 0 Å². The van der Waals surface area contributed by atoms with Gasteiger partial charge in [-0.1, -0.05) is 0 Å². The zero-order chi connectivity index (χ0) is 14.5. The summed E-state index contributed by atoms with van der Waals surface area (Å²) in [6.45, 7) is 4.89. The fraction of sp³-hybridized carbons (Fsp3) is 0.583. The van der Waals surface area contributed by atoms with Gasteiger partial charge < -0.3 is 15.7 Å². The van der Waals surface area contributed by atoms with Crippen molar-refractivity contribution in [3.05, 3.63) is 6.20 Å². The number of fused-ring (bicyclic) bond motifs is 1. The van der Waals surface area contributed by atoms with Gasteiger partial charge in [-0.3, -0.25) is 5.10 Å². The highest BCUT2D eigenvalue weighted by atomic mass is 32.2. The summed E-state index contributed by atoms with van der Waals surface area (Å²) in [5.74, 6) is 1.28. The molecule has 20 heavy (non-hydrogen) atoms. The van der Waals surface area contributed by atoms with Gasteiger partial charge in [0.1, 0.15) is 5.82 Å². The van der Waals surface area contributed by atoms with Crippen LogP contribution in [0.4, 0.5) is 11.8 Å². The monoisotopic (exact) mass is 296 g/mol. The van der Waals surface area contributed by atoms with Crippen LogP contribution in [0.2, 0.25) is 0 Å². The Morgan fingerprint density at radius 2 is 2.25 bits per heavy atom. The Morgan fingerprint density at radius 1 is 1.45 bits per heavy atom. The van der Waals surface area contributed by atoms with Crippen LogP contribution in [0.25, 0.3) is 11.0 Å². The normalized spacial score (nSPS) is 14.2. The fourth-order valence-electron chi connectivity index (χ4n) is 1.93. The quantitative estimate of drug-likeness (QED) is 0.611. The van der Waals surface area contributed by atoms with Crippen molar-refractivity contribution in [3.63, 3.8) is 0 Å². The van der Waals surface area contributed by atoms with Crippen LogP contribution in [-0.2, 0) is 0 Å². The highest BCUT2D eigenvalue weighted by molar-refractivity contribution is 7.99. The second kappa shape index (κ2) is 6.76. The Bertz CT molecular complexity index is 556. The fourth-order valence-corrected chi connectivity index (χ4v) is 2.55. The molecule has 7 nitrogen and oxygen atoms in total. The van der Waals surface area contributed by atoms with E-state index in [0.717, 1.165) is 17.7 Å². The largest absolute Gasteiger partial charge is 0.395 e. The van der Waals surface area contributed by atoms with Crippen LogP contribution in [0.3, 0.4) is 0 Å². The summed E-state index contributed by atoms with van der Waals surface area (Å²) in [6.07, 6.45) is 3.68. The van der Waals surface area contributed by atoms with Gasteiger partial charge in [0.15, 0.2) is 5.65 Å². The maximum absolute atomic E-state index is 9.36. The minimum Gasteiger partial charge on any atom is -0.395 e. The first-order chi connectivity index (χ1) is 9.69. The smallest absolute Gasteiger partial charge is 0.226 e. The number of thioether (sulfide) groups is 1. The first kappa shape index (κ1) is 14.9. The molecule has 0 aliphatic carbocycles. The van der Waals surface area contributed by atoms with E-state index in [9.17, 15) is 5.11 Å². The lowest BCUT2D eigenvalue weighted by Gasteiger charge is -2.22. The minimum atomic E-state index is 0.0810. The maximum Gasteiger partial charge on any atom is 0.226 e. The van der Waals surface area contributed by atoms with Crippen molar-refractivity contribution in [2.75, 3.05) is 30.0 Å². The molecule has 4 N–H and O–H groups in total. The van der Waals surface area contributed by atoms with Gasteiger partial charge in [0.2, 0.25) is 5.95 Å². The molecular weight excluding hydrogens is 276 g/mol. The Hall–Kier alpha value is -1.54. The molecule has 2 rings (SSSR count). The number of aliphatic hydroxyl groups excluding tert-OH is 1. The molecule has 0 saturated carbocycles. The number of nitrogens with one attached hydrogen (secondary N) is 3. The second-order valence-corrected chi connectivity index (χ2v) is 5.53. The zero-order valence-corrected chi connectivity index (χ0v) is 12.7. The van der Waals surface area contributed by atoms with E-state index >= 15 is 0 Å². The number of aliphatic hydroxyl groups is 1. The number of nitrogens with zero attached hydrogens (tertiary/aromatic N) is 3. The molecule has 8 heteroatoms. The highest BCUT2D eigenvalue weighted by Crippen LogP contribution is 2.22. The van der Waals surface area contributed by atoms with Gasteiger partial charge in [0, 0.05) is 17.8 Å². The molecule has 0 amide bonds. The van der Waals surface area contributed by atoms with Crippen LogP contribution >= 0.6 is 11.8 Å². The summed E-state index contributed by atoms with van der Waals surface area (Å²) in [4.78, 5) is 8.81. The molecule has 0 aliphatic heterocycles. The van der Waals surface area contributed by atoms with Crippen molar-refractivity contribution in [1.82, 2.24) is 20.2 Å². The summed E-state index contributed by atoms with van der Waals surface area (Å²) in [5.41, 5.74) is 0.690. The Labute approximate surface area is 122 Å². The van der Waals surface area contributed by atoms with E-state index in [2.05, 4.69) is 30.8 Å². The van der Waals surface area contributed by atoms with Gasteiger partial charge in [-0.2, -0.15) is 26.8 Å². The molecule has 2 unspecified atom stereocenters. The van der Waals surface area contributed by atoms with E-state index in [0.29, 0.717) is 11.6 Å². The number of aromatic nitrogens is 4. The second-order valence-electron chi connectivity index (χ2n) is 4.45. The number of hydrogen-bond donors (Lipinski definition) is 4. The number of rotatable bonds is 7. The molecule has 0 aromatic carbocycles. The molecule has 0 radical (unpaired) electrons. The average molecular weight is 296 g/mol. The molecule has 0 fully saturated rings. The lowest BCUT2D eigenvalue weighted by atomic mass is 10.2. The highest BCUT2D eigenvalue weighted by Gasteiger charge is 2.18. The Morgan fingerprint density at radius 3 is 2.90 bits per heavy atom. The van der Waals surface area contributed by atoms with E-state index in [-0.39, 0.29) is 17.9 Å². The molecule has 0 saturated heterocycles. The summed E-state index contributed by atoms with van der Waals surface area (Å²) >= 11 is 1.62. The van der Waals surface area contributed by atoms with Crippen molar-refractivity contribution >= 4 is 34.6 Å². The summed E-state index contributed by atoms with van der Waals surface area (Å²) < 4.78 is 0. The van der Waals surface area contributed by atoms with Gasteiger partial charge in [-0.05, 0) is 20.1 Å². The molecule has 2 aromatic rings. The molecule has 0 aliphatic rings. The zero-order valence-electron chi connectivity index (χ0n) is 11.8. The van der Waals surface area contributed by atoms with Crippen LogP contribution in [0, 0.1) is 0 Å². The molecule has 110 valence electrons. The van der Waals surface area contributed by atoms with Crippen LogP contribution < -0.4 is 10.6 Å². The van der Waals surface area contributed by atoms with Crippen molar-refractivity contribution in [1.29, 1.82) is 0 Å². The minimum absolute atomic E-state index is 0.0810. The van der Waals surface area contributed by atoms with Gasteiger partial charge in [0.25, 0.3) is 0 Å². The SMILES string of the molecule is CCNc1nc(NC(C)C(CO)SC)c2cn[nH]c2n1. The van der Waals surface area contributed by atoms with E-state index in [1.807, 2.05) is 20.1 Å². The van der Waals surface area contributed by atoms with Crippen LogP contribution in [0.1, 0.15) is 13.8 Å². The number of hydrogen-bond acceptors (Lipinski definition) is 7. The summed E-state index contributed by atoms with van der Waals surface area (Å²) in [5, 5.41) is 23.6. The van der Waals surface area contributed by atoms with Crippen molar-refractivity contribution in [3.8, 4) is 0 Å². The van der Waals surface area contributed by atoms with Gasteiger partial charge >= 0.3 is 0 Å². The predicted octanol–water partition coefficient (Wildman–Crippen LogP) is 1.31. The third kappa shape index (κ3) is 3.13. The molecule has 2 heterocycles.